The highest BCUT2D eigenvalue weighted by atomic mass is 32.2. The predicted octanol–water partition coefficient (Wildman–Crippen LogP) is 3.35. The number of hydrazone groups is 1. The van der Waals surface area contributed by atoms with Crippen LogP contribution >= 0.6 is 0 Å². The Bertz CT molecular complexity index is 1240. The second-order valence-electron chi connectivity index (χ2n) is 7.47. The number of hydrogen-bond donors (Lipinski definition) is 1. The molecule has 0 spiro atoms. The molecule has 1 N–H and O–H groups in total. The van der Waals surface area contributed by atoms with Gasteiger partial charge in [0.25, 0.3) is 5.91 Å². The van der Waals surface area contributed by atoms with Gasteiger partial charge in [0.05, 0.1) is 31.9 Å². The average molecular weight is 482 g/mol. The monoisotopic (exact) mass is 481 g/mol. The van der Waals surface area contributed by atoms with Gasteiger partial charge in [-0.25, -0.2) is 13.8 Å². The van der Waals surface area contributed by atoms with E-state index in [-0.39, 0.29) is 11.4 Å². The lowest BCUT2D eigenvalue weighted by Gasteiger charge is -2.21. The molecule has 0 atom stereocenters. The molecule has 0 saturated heterocycles. The van der Waals surface area contributed by atoms with E-state index >= 15 is 0 Å². The molecule has 178 valence electrons. The van der Waals surface area contributed by atoms with Crippen molar-refractivity contribution in [2.45, 2.75) is 18.4 Å². The number of nitrogens with zero attached hydrogens (tertiary/aromatic N) is 2. The minimum absolute atomic E-state index is 0.0421. The lowest BCUT2D eigenvalue weighted by atomic mass is 10.2. The zero-order valence-electron chi connectivity index (χ0n) is 19.3. The first kappa shape index (κ1) is 24.9. The van der Waals surface area contributed by atoms with Crippen LogP contribution in [0.3, 0.4) is 0 Å². The molecule has 0 aliphatic heterocycles. The first-order valence-corrected chi connectivity index (χ1v) is 11.9. The molecule has 3 aromatic carbocycles. The highest BCUT2D eigenvalue weighted by Gasteiger charge is 2.26. The van der Waals surface area contributed by atoms with Crippen LogP contribution in [0.4, 0.5) is 0 Å². The maximum Gasteiger partial charge on any atom is 0.255 e. The Balaban J connectivity index is 1.77. The van der Waals surface area contributed by atoms with Crippen molar-refractivity contribution >= 4 is 22.1 Å². The Kier molecular flexibility index (Phi) is 8.39. The van der Waals surface area contributed by atoms with Crippen LogP contribution in [-0.4, -0.2) is 45.6 Å². The Morgan fingerprint density at radius 1 is 1.00 bits per heavy atom. The van der Waals surface area contributed by atoms with Gasteiger partial charge < -0.3 is 9.47 Å². The van der Waals surface area contributed by atoms with Gasteiger partial charge in [0.1, 0.15) is 11.5 Å². The number of sulfonamides is 1. The van der Waals surface area contributed by atoms with Gasteiger partial charge in [0, 0.05) is 18.2 Å². The lowest BCUT2D eigenvalue weighted by molar-refractivity contribution is -0.121. The molecule has 0 radical (unpaired) electrons. The quantitative estimate of drug-likeness (QED) is 0.354. The van der Waals surface area contributed by atoms with Crippen molar-refractivity contribution in [3.8, 4) is 11.5 Å². The normalized spacial score (nSPS) is 11.5. The zero-order valence-corrected chi connectivity index (χ0v) is 20.1. The number of aryl methyl sites for hydroxylation is 1. The second-order valence-corrected chi connectivity index (χ2v) is 9.41. The summed E-state index contributed by atoms with van der Waals surface area (Å²) in [7, 11) is -0.854. The Morgan fingerprint density at radius 3 is 2.35 bits per heavy atom. The number of nitrogens with one attached hydrogen (secondary N) is 1. The number of amides is 1. The van der Waals surface area contributed by atoms with E-state index in [1.165, 1.54) is 25.5 Å². The van der Waals surface area contributed by atoms with Crippen molar-refractivity contribution in [1.29, 1.82) is 0 Å². The molecule has 1 amide bonds. The molecule has 3 aromatic rings. The largest absolute Gasteiger partial charge is 0.497 e. The van der Waals surface area contributed by atoms with Gasteiger partial charge in [-0.2, -0.15) is 9.41 Å². The summed E-state index contributed by atoms with van der Waals surface area (Å²) in [6.07, 6.45) is 1.42. The fourth-order valence-corrected chi connectivity index (χ4v) is 4.55. The molecule has 34 heavy (non-hydrogen) atoms. The molecule has 3 rings (SSSR count). The van der Waals surface area contributed by atoms with E-state index in [0.29, 0.717) is 17.1 Å². The van der Waals surface area contributed by atoms with Crippen molar-refractivity contribution in [1.82, 2.24) is 9.73 Å². The molecule has 0 aliphatic carbocycles. The number of methoxy groups -OCH3 is 2. The molecular weight excluding hydrogens is 454 g/mol. The van der Waals surface area contributed by atoms with E-state index in [1.54, 1.807) is 37.4 Å². The van der Waals surface area contributed by atoms with Crippen LogP contribution in [0.1, 0.15) is 16.7 Å². The predicted molar refractivity (Wildman–Crippen MR) is 130 cm³/mol. The smallest absolute Gasteiger partial charge is 0.255 e. The van der Waals surface area contributed by atoms with Crippen LogP contribution < -0.4 is 14.9 Å². The maximum atomic E-state index is 13.3. The summed E-state index contributed by atoms with van der Waals surface area (Å²) in [4.78, 5) is 12.8. The fourth-order valence-electron chi connectivity index (χ4n) is 3.17. The van der Waals surface area contributed by atoms with Crippen LogP contribution in [0.25, 0.3) is 0 Å². The van der Waals surface area contributed by atoms with Gasteiger partial charge in [0.2, 0.25) is 10.0 Å². The molecule has 0 aliphatic rings. The van der Waals surface area contributed by atoms with Gasteiger partial charge in [-0.05, 0) is 36.8 Å². The third kappa shape index (κ3) is 6.43. The third-order valence-corrected chi connectivity index (χ3v) is 6.82. The third-order valence-electron chi connectivity index (χ3n) is 5.01. The standard InChI is InChI=1S/C25H27N3O5S/c1-19-9-13-23(14-10-19)34(30,31)28(17-20-7-5-4-6-8-20)18-25(29)27-26-16-21-11-12-22(32-2)15-24(21)33-3/h4-16H,17-18H2,1-3H3,(H,27,29)/b26-16-. The summed E-state index contributed by atoms with van der Waals surface area (Å²) in [6, 6.07) is 20.8. The SMILES string of the molecule is COc1ccc(/C=N\NC(=O)CN(Cc2ccccc2)S(=O)(=O)c2ccc(C)cc2)c(OC)c1. The minimum atomic E-state index is -3.92. The molecule has 8 nitrogen and oxygen atoms in total. The van der Waals surface area contributed by atoms with Crippen LogP contribution in [0.5, 0.6) is 11.5 Å². The van der Waals surface area contributed by atoms with Crippen LogP contribution in [0.2, 0.25) is 0 Å². The maximum absolute atomic E-state index is 13.3. The molecule has 9 heteroatoms. The van der Waals surface area contributed by atoms with E-state index in [4.69, 9.17) is 9.47 Å². The van der Waals surface area contributed by atoms with Crippen molar-refractivity contribution in [2.75, 3.05) is 20.8 Å². The lowest BCUT2D eigenvalue weighted by Crippen LogP contribution is -2.39. The van der Waals surface area contributed by atoms with E-state index in [0.717, 1.165) is 15.4 Å². The molecule has 0 bridgehead atoms. The van der Waals surface area contributed by atoms with Gasteiger partial charge in [-0.1, -0.05) is 48.0 Å². The van der Waals surface area contributed by atoms with Crippen molar-refractivity contribution < 1.29 is 22.7 Å². The van der Waals surface area contributed by atoms with Crippen LogP contribution in [0.15, 0.2) is 82.8 Å². The summed E-state index contributed by atoms with van der Waals surface area (Å²) in [5, 5.41) is 3.97. The molecule has 0 aromatic heterocycles. The van der Waals surface area contributed by atoms with Gasteiger partial charge in [-0.15, -0.1) is 0 Å². The topological polar surface area (TPSA) is 97.3 Å². The van der Waals surface area contributed by atoms with Gasteiger partial charge in [-0.3, -0.25) is 4.79 Å². The van der Waals surface area contributed by atoms with E-state index in [2.05, 4.69) is 10.5 Å². The van der Waals surface area contributed by atoms with Crippen molar-refractivity contribution in [3.05, 3.63) is 89.5 Å². The van der Waals surface area contributed by atoms with E-state index in [1.807, 2.05) is 37.3 Å². The Morgan fingerprint density at radius 2 is 1.71 bits per heavy atom. The minimum Gasteiger partial charge on any atom is -0.497 e. The highest BCUT2D eigenvalue weighted by molar-refractivity contribution is 7.89. The summed E-state index contributed by atoms with van der Waals surface area (Å²) in [6.45, 7) is 1.52. The van der Waals surface area contributed by atoms with Crippen LogP contribution in [0, 0.1) is 6.92 Å². The molecule has 0 unspecified atom stereocenters. The summed E-state index contributed by atoms with van der Waals surface area (Å²) >= 11 is 0. The average Bonchev–Trinajstić information content (AvgIpc) is 2.84. The molecule has 0 fully saturated rings. The summed E-state index contributed by atoms with van der Waals surface area (Å²) < 4.78 is 38.2. The molecule has 0 saturated carbocycles. The van der Waals surface area contributed by atoms with E-state index in [9.17, 15) is 13.2 Å². The van der Waals surface area contributed by atoms with Gasteiger partial charge >= 0.3 is 0 Å². The number of rotatable bonds is 10. The highest BCUT2D eigenvalue weighted by Crippen LogP contribution is 2.23. The molecular formula is C25H27N3O5S. The van der Waals surface area contributed by atoms with Gasteiger partial charge in [0.15, 0.2) is 0 Å². The number of hydrogen-bond acceptors (Lipinski definition) is 6. The van der Waals surface area contributed by atoms with Crippen LogP contribution in [-0.2, 0) is 21.4 Å². The first-order chi connectivity index (χ1) is 16.3. The second kappa shape index (κ2) is 11.4. The number of ether oxygens (including phenoxy) is 2. The molecule has 0 heterocycles. The number of benzene rings is 3. The summed E-state index contributed by atoms with van der Waals surface area (Å²) in [5.41, 5.74) is 4.72. The Labute approximate surface area is 199 Å². The zero-order chi connectivity index (χ0) is 24.6. The van der Waals surface area contributed by atoms with Crippen molar-refractivity contribution in [3.63, 3.8) is 0 Å². The number of carbonyl (C=O) groups is 1. The Hall–Kier alpha value is -3.69. The first-order valence-electron chi connectivity index (χ1n) is 10.5. The van der Waals surface area contributed by atoms with Crippen molar-refractivity contribution in [2.24, 2.45) is 5.10 Å². The van der Waals surface area contributed by atoms with E-state index < -0.39 is 22.5 Å². The summed E-state index contributed by atoms with van der Waals surface area (Å²) in [5.74, 6) is 0.566. The fraction of sp³-hybridized carbons (Fsp3) is 0.200. The number of carbonyl (C=O) groups excluding carboxylic acids is 1.